The highest BCUT2D eigenvalue weighted by Crippen LogP contribution is 2.32. The molecule has 0 aliphatic carbocycles. The van der Waals surface area contributed by atoms with Crippen molar-refractivity contribution in [3.8, 4) is 5.75 Å². The normalized spacial score (nSPS) is 22.6. The Morgan fingerprint density at radius 1 is 1.16 bits per heavy atom. The van der Waals surface area contributed by atoms with Gasteiger partial charge in [0.15, 0.2) is 5.54 Å². The number of thioether (sulfide) groups is 1. The van der Waals surface area contributed by atoms with Crippen LogP contribution in [0.1, 0.15) is 21.6 Å². The molecule has 3 aliphatic rings. The van der Waals surface area contributed by atoms with Crippen LogP contribution in [0.4, 0.5) is 10.6 Å². The van der Waals surface area contributed by atoms with E-state index in [0.717, 1.165) is 36.0 Å². The maximum absolute atomic E-state index is 13.1. The first kappa shape index (κ1) is 20.6. The largest absolute Gasteiger partial charge is 0.497 e. The van der Waals surface area contributed by atoms with Gasteiger partial charge < -0.3 is 19.9 Å². The summed E-state index contributed by atoms with van der Waals surface area (Å²) < 4.78 is 5.24. The molecular weight excluding hydrogens is 430 g/mol. The second-order valence-electron chi connectivity index (χ2n) is 7.98. The molecule has 3 aliphatic heterocycles. The molecule has 0 saturated carbocycles. The summed E-state index contributed by atoms with van der Waals surface area (Å²) in [6, 6.07) is 10.2. The molecule has 2 fully saturated rings. The van der Waals surface area contributed by atoms with E-state index < -0.39 is 17.5 Å². The summed E-state index contributed by atoms with van der Waals surface area (Å²) in [5, 5.41) is 5.09. The molecule has 0 radical (unpaired) electrons. The molecule has 10 heteroatoms. The van der Waals surface area contributed by atoms with Gasteiger partial charge in [0.25, 0.3) is 11.8 Å². The Labute approximate surface area is 189 Å². The molecule has 0 spiro atoms. The number of carbonyl (C=O) groups excluding carboxylic acids is 3. The average Bonchev–Trinajstić information content (AvgIpc) is 3.29. The number of ether oxygens (including phenoxy) is 1. The van der Waals surface area contributed by atoms with Crippen LogP contribution in [-0.4, -0.2) is 66.0 Å². The summed E-state index contributed by atoms with van der Waals surface area (Å²) in [6.45, 7) is 2.06. The number of hydrogen-bond donors (Lipinski definition) is 2. The summed E-state index contributed by atoms with van der Waals surface area (Å²) in [5.74, 6) is 2.65. The minimum Gasteiger partial charge on any atom is -0.497 e. The topological polar surface area (TPSA) is 104 Å². The van der Waals surface area contributed by atoms with Gasteiger partial charge in [-0.3, -0.25) is 14.9 Å². The van der Waals surface area contributed by atoms with E-state index in [9.17, 15) is 14.4 Å². The molecule has 1 atom stereocenters. The Bertz CT molecular complexity index is 1100. The predicted molar refractivity (Wildman–Crippen MR) is 120 cm³/mol. The highest BCUT2D eigenvalue weighted by Gasteiger charge is 2.51. The lowest BCUT2D eigenvalue weighted by molar-refractivity contribution is -0.124. The molecule has 0 unspecified atom stereocenters. The molecule has 5 rings (SSSR count). The summed E-state index contributed by atoms with van der Waals surface area (Å²) in [7, 11) is 1.55. The van der Waals surface area contributed by atoms with Gasteiger partial charge in [-0.25, -0.2) is 9.78 Å². The van der Waals surface area contributed by atoms with Crippen molar-refractivity contribution in [3.05, 3.63) is 53.2 Å². The van der Waals surface area contributed by atoms with Gasteiger partial charge in [-0.1, -0.05) is 12.1 Å². The minimum absolute atomic E-state index is 0.0211. The smallest absolute Gasteiger partial charge is 0.322 e. The fourth-order valence-corrected chi connectivity index (χ4v) is 5.28. The quantitative estimate of drug-likeness (QED) is 0.659. The number of amides is 4. The van der Waals surface area contributed by atoms with E-state index in [2.05, 4.69) is 15.5 Å². The standard InChI is InChI=1S/C22H23N5O4S/c1-31-15-6-5-14-12-27(19(28)16(14)11-15)13-22(20(29)24-21(30)25-22)17-3-2-4-18(23-17)26-7-9-32-10-8-26/h2-6,11H,7-10,12-13H2,1H3,(H2,24,25,29,30)/t22-/m0/s1. The molecule has 4 amide bonds. The van der Waals surface area contributed by atoms with Crippen molar-refractivity contribution in [2.75, 3.05) is 43.1 Å². The van der Waals surface area contributed by atoms with Gasteiger partial charge in [-0.2, -0.15) is 11.8 Å². The van der Waals surface area contributed by atoms with E-state index in [4.69, 9.17) is 9.72 Å². The number of fused-ring (bicyclic) bond motifs is 1. The molecule has 2 saturated heterocycles. The van der Waals surface area contributed by atoms with E-state index in [1.165, 1.54) is 0 Å². The lowest BCUT2D eigenvalue weighted by Crippen LogP contribution is -2.53. The Balaban J connectivity index is 1.48. The monoisotopic (exact) mass is 453 g/mol. The number of imide groups is 1. The van der Waals surface area contributed by atoms with Gasteiger partial charge >= 0.3 is 6.03 Å². The summed E-state index contributed by atoms with van der Waals surface area (Å²) in [6.07, 6.45) is 0. The molecule has 2 N–H and O–H groups in total. The van der Waals surface area contributed by atoms with Crippen LogP contribution < -0.4 is 20.3 Å². The molecule has 1 aromatic carbocycles. The van der Waals surface area contributed by atoms with E-state index in [0.29, 0.717) is 23.6 Å². The third kappa shape index (κ3) is 3.44. The minimum atomic E-state index is -1.46. The number of urea groups is 1. The molecular formula is C22H23N5O4S. The van der Waals surface area contributed by atoms with E-state index >= 15 is 0 Å². The Kier molecular flexibility index (Phi) is 5.16. The first-order valence-electron chi connectivity index (χ1n) is 10.4. The number of anilines is 1. The second-order valence-corrected chi connectivity index (χ2v) is 9.20. The number of pyridine rings is 1. The van der Waals surface area contributed by atoms with Crippen molar-refractivity contribution in [2.24, 2.45) is 0 Å². The number of rotatable bonds is 5. The van der Waals surface area contributed by atoms with Crippen LogP contribution in [-0.2, 0) is 16.9 Å². The van der Waals surface area contributed by atoms with Crippen LogP contribution >= 0.6 is 11.8 Å². The maximum Gasteiger partial charge on any atom is 0.322 e. The molecule has 9 nitrogen and oxygen atoms in total. The summed E-state index contributed by atoms with van der Waals surface area (Å²) >= 11 is 1.90. The lowest BCUT2D eigenvalue weighted by atomic mass is 9.93. The van der Waals surface area contributed by atoms with Crippen molar-refractivity contribution in [3.63, 3.8) is 0 Å². The fraction of sp³-hybridized carbons (Fsp3) is 0.364. The van der Waals surface area contributed by atoms with Crippen LogP contribution in [0.15, 0.2) is 36.4 Å². The number of benzene rings is 1. The Morgan fingerprint density at radius 3 is 2.69 bits per heavy atom. The number of aromatic nitrogens is 1. The van der Waals surface area contributed by atoms with Crippen LogP contribution in [0.2, 0.25) is 0 Å². The third-order valence-corrected chi connectivity index (χ3v) is 7.01. The summed E-state index contributed by atoms with van der Waals surface area (Å²) in [4.78, 5) is 46.9. The molecule has 166 valence electrons. The Hall–Kier alpha value is -3.27. The van der Waals surface area contributed by atoms with Crippen LogP contribution in [0.25, 0.3) is 0 Å². The second kappa shape index (κ2) is 8.01. The number of carbonyl (C=O) groups is 3. The average molecular weight is 454 g/mol. The van der Waals surface area contributed by atoms with Crippen LogP contribution in [0.5, 0.6) is 5.75 Å². The molecule has 32 heavy (non-hydrogen) atoms. The predicted octanol–water partition coefficient (Wildman–Crippen LogP) is 1.33. The van der Waals surface area contributed by atoms with E-state index in [-0.39, 0.29) is 12.5 Å². The van der Waals surface area contributed by atoms with Gasteiger partial charge in [-0.05, 0) is 29.8 Å². The van der Waals surface area contributed by atoms with Crippen molar-refractivity contribution >= 4 is 35.4 Å². The third-order valence-electron chi connectivity index (χ3n) is 6.07. The van der Waals surface area contributed by atoms with Crippen molar-refractivity contribution in [1.82, 2.24) is 20.5 Å². The zero-order valence-electron chi connectivity index (χ0n) is 17.6. The van der Waals surface area contributed by atoms with E-state index in [1.54, 1.807) is 30.2 Å². The number of methoxy groups -OCH3 is 1. The number of nitrogens with one attached hydrogen (secondary N) is 2. The SMILES string of the molecule is COc1ccc2c(c1)C(=O)N(C[C@@]1(c3cccc(N4CCSCC4)n3)NC(=O)NC1=O)C2. The molecule has 0 bridgehead atoms. The summed E-state index contributed by atoms with van der Waals surface area (Å²) in [5.41, 5.74) is 0.345. The van der Waals surface area contributed by atoms with Crippen molar-refractivity contribution in [2.45, 2.75) is 12.1 Å². The van der Waals surface area contributed by atoms with Gasteiger partial charge in [0.2, 0.25) is 0 Å². The van der Waals surface area contributed by atoms with Crippen molar-refractivity contribution in [1.29, 1.82) is 0 Å². The zero-order chi connectivity index (χ0) is 22.3. The highest BCUT2D eigenvalue weighted by molar-refractivity contribution is 7.99. The lowest BCUT2D eigenvalue weighted by Gasteiger charge is -2.32. The molecule has 4 heterocycles. The van der Waals surface area contributed by atoms with Gasteiger partial charge in [0, 0.05) is 36.7 Å². The maximum atomic E-state index is 13.1. The van der Waals surface area contributed by atoms with Crippen molar-refractivity contribution < 1.29 is 19.1 Å². The molecule has 1 aromatic heterocycles. The number of nitrogens with zero attached hydrogens (tertiary/aromatic N) is 3. The first-order chi connectivity index (χ1) is 15.5. The zero-order valence-corrected chi connectivity index (χ0v) is 18.4. The molecule has 2 aromatic rings. The number of hydrogen-bond acceptors (Lipinski definition) is 7. The van der Waals surface area contributed by atoms with Gasteiger partial charge in [0.1, 0.15) is 11.6 Å². The van der Waals surface area contributed by atoms with Gasteiger partial charge in [-0.15, -0.1) is 0 Å². The highest BCUT2D eigenvalue weighted by atomic mass is 32.2. The van der Waals surface area contributed by atoms with E-state index in [1.807, 2.05) is 30.0 Å². The Morgan fingerprint density at radius 2 is 1.97 bits per heavy atom. The fourth-order valence-electron chi connectivity index (χ4n) is 4.38. The first-order valence-corrected chi connectivity index (χ1v) is 11.6. The van der Waals surface area contributed by atoms with Crippen LogP contribution in [0.3, 0.4) is 0 Å². The van der Waals surface area contributed by atoms with Crippen LogP contribution in [0, 0.1) is 0 Å². The van der Waals surface area contributed by atoms with Gasteiger partial charge in [0.05, 0.1) is 19.3 Å².